The van der Waals surface area contributed by atoms with E-state index in [9.17, 15) is 9.90 Å². The number of rotatable bonds is 5. The van der Waals surface area contributed by atoms with Gasteiger partial charge in [0, 0.05) is 5.69 Å². The number of amides is 1. The number of hydrogen-bond donors (Lipinski definition) is 2. The zero-order valence-electron chi connectivity index (χ0n) is 13.1. The Morgan fingerprint density at radius 1 is 1.38 bits per heavy atom. The fourth-order valence-corrected chi connectivity index (χ4v) is 2.83. The molecule has 2 N–H and O–H groups in total. The number of carbonyl (C=O) groups excluding carboxylic acids is 1. The van der Waals surface area contributed by atoms with Crippen molar-refractivity contribution in [1.82, 2.24) is 0 Å². The van der Waals surface area contributed by atoms with Gasteiger partial charge in [-0.15, -0.1) is 0 Å². The van der Waals surface area contributed by atoms with Crippen LogP contribution in [0.1, 0.15) is 51.5 Å². The molecule has 2 rings (SSSR count). The first-order valence-electron chi connectivity index (χ1n) is 7.67. The van der Waals surface area contributed by atoms with Crippen LogP contribution in [0.25, 0.3) is 0 Å². The van der Waals surface area contributed by atoms with Gasteiger partial charge in [-0.05, 0) is 57.4 Å². The van der Waals surface area contributed by atoms with Crippen molar-refractivity contribution in [3.05, 3.63) is 23.8 Å². The summed E-state index contributed by atoms with van der Waals surface area (Å²) in [5.74, 6) is 0.703. The number of nitrogens with one attached hydrogen (secondary N) is 1. The van der Waals surface area contributed by atoms with Crippen LogP contribution in [0.5, 0.6) is 5.75 Å². The summed E-state index contributed by atoms with van der Waals surface area (Å²) in [6, 6.07) is 5.60. The zero-order valence-corrected chi connectivity index (χ0v) is 13.1. The highest BCUT2D eigenvalue weighted by Crippen LogP contribution is 2.32. The average Bonchev–Trinajstić information content (AvgIpc) is 2.78. The van der Waals surface area contributed by atoms with Gasteiger partial charge in [-0.25, -0.2) is 0 Å². The molecule has 0 aliphatic heterocycles. The van der Waals surface area contributed by atoms with Gasteiger partial charge in [0.2, 0.25) is 5.91 Å². The monoisotopic (exact) mass is 291 g/mol. The van der Waals surface area contributed by atoms with E-state index in [0.717, 1.165) is 42.7 Å². The Morgan fingerprint density at radius 2 is 2.05 bits per heavy atom. The van der Waals surface area contributed by atoms with Crippen LogP contribution in [0.3, 0.4) is 0 Å². The van der Waals surface area contributed by atoms with Gasteiger partial charge in [-0.1, -0.05) is 12.8 Å². The van der Waals surface area contributed by atoms with E-state index in [1.807, 2.05) is 39.0 Å². The maximum Gasteiger partial charge on any atom is 0.227 e. The molecule has 0 radical (unpaired) electrons. The highest BCUT2D eigenvalue weighted by molar-refractivity contribution is 5.91. The van der Waals surface area contributed by atoms with Gasteiger partial charge in [-0.2, -0.15) is 0 Å². The predicted octanol–water partition coefficient (Wildman–Crippen LogP) is 3.42. The maximum atomic E-state index is 12.0. The number of carbonyl (C=O) groups is 1. The van der Waals surface area contributed by atoms with Gasteiger partial charge < -0.3 is 15.2 Å². The molecule has 116 valence electrons. The van der Waals surface area contributed by atoms with E-state index < -0.39 is 5.60 Å². The molecule has 1 fully saturated rings. The van der Waals surface area contributed by atoms with E-state index in [2.05, 4.69) is 5.32 Å². The van der Waals surface area contributed by atoms with Crippen molar-refractivity contribution in [2.45, 2.75) is 64.6 Å². The van der Waals surface area contributed by atoms with Crippen LogP contribution in [-0.2, 0) is 4.79 Å². The number of benzene rings is 1. The second-order valence-electron chi connectivity index (χ2n) is 6.30. The van der Waals surface area contributed by atoms with Crippen LogP contribution in [0.4, 0.5) is 5.69 Å². The van der Waals surface area contributed by atoms with Crippen LogP contribution >= 0.6 is 0 Å². The fourth-order valence-electron chi connectivity index (χ4n) is 2.83. The third-order valence-corrected chi connectivity index (χ3v) is 3.85. The second kappa shape index (κ2) is 6.48. The number of ether oxygens (including phenoxy) is 1. The van der Waals surface area contributed by atoms with Gasteiger partial charge >= 0.3 is 0 Å². The summed E-state index contributed by atoms with van der Waals surface area (Å²) < 4.78 is 5.68. The lowest BCUT2D eigenvalue weighted by molar-refractivity contribution is -0.120. The molecule has 0 aromatic heterocycles. The Balaban J connectivity index is 1.96. The molecule has 1 aromatic rings. The lowest BCUT2D eigenvalue weighted by Crippen LogP contribution is -2.30. The fraction of sp³-hybridized carbons (Fsp3) is 0.588. The van der Waals surface area contributed by atoms with Gasteiger partial charge in [0.25, 0.3) is 0 Å². The van der Waals surface area contributed by atoms with Crippen molar-refractivity contribution in [2.24, 2.45) is 0 Å². The molecule has 1 saturated carbocycles. The number of anilines is 1. The van der Waals surface area contributed by atoms with E-state index in [1.54, 1.807) is 0 Å². The van der Waals surface area contributed by atoms with E-state index in [1.165, 1.54) is 0 Å². The molecular weight excluding hydrogens is 266 g/mol. The zero-order chi connectivity index (χ0) is 15.5. The molecule has 4 nitrogen and oxygen atoms in total. The smallest absolute Gasteiger partial charge is 0.227 e. The summed E-state index contributed by atoms with van der Waals surface area (Å²) in [4.78, 5) is 12.0. The SMILES string of the molecule is Cc1cc(NC(=O)CC2(O)CCCC2)ccc1OC(C)C. The van der Waals surface area contributed by atoms with Gasteiger partial charge in [0.15, 0.2) is 0 Å². The quantitative estimate of drug-likeness (QED) is 0.874. The van der Waals surface area contributed by atoms with Crippen LogP contribution < -0.4 is 10.1 Å². The molecule has 0 spiro atoms. The molecule has 0 heterocycles. The van der Waals surface area contributed by atoms with Crippen molar-refractivity contribution >= 4 is 11.6 Å². The van der Waals surface area contributed by atoms with E-state index in [-0.39, 0.29) is 18.4 Å². The summed E-state index contributed by atoms with van der Waals surface area (Å²) in [6.07, 6.45) is 3.76. The Bertz CT molecular complexity index is 505. The van der Waals surface area contributed by atoms with Crippen LogP contribution in [0, 0.1) is 6.92 Å². The lowest BCUT2D eigenvalue weighted by Gasteiger charge is -2.21. The van der Waals surface area contributed by atoms with Crippen molar-refractivity contribution in [3.63, 3.8) is 0 Å². The van der Waals surface area contributed by atoms with Gasteiger partial charge in [0.05, 0.1) is 18.1 Å². The molecule has 4 heteroatoms. The summed E-state index contributed by atoms with van der Waals surface area (Å²) in [5, 5.41) is 13.1. The first kappa shape index (κ1) is 15.8. The van der Waals surface area contributed by atoms with Crippen LogP contribution in [0.15, 0.2) is 18.2 Å². The second-order valence-corrected chi connectivity index (χ2v) is 6.30. The van der Waals surface area contributed by atoms with Crippen molar-refractivity contribution in [3.8, 4) is 5.75 Å². The highest BCUT2D eigenvalue weighted by atomic mass is 16.5. The molecule has 1 amide bonds. The third kappa shape index (κ3) is 4.46. The molecular formula is C17H25NO3. The Kier molecular flexibility index (Phi) is 4.88. The number of aryl methyl sites for hydroxylation is 1. The van der Waals surface area contributed by atoms with Crippen molar-refractivity contribution < 1.29 is 14.6 Å². The minimum atomic E-state index is -0.806. The number of aliphatic hydroxyl groups is 1. The largest absolute Gasteiger partial charge is 0.491 e. The van der Waals surface area contributed by atoms with Crippen LogP contribution in [-0.4, -0.2) is 22.7 Å². The Hall–Kier alpha value is -1.55. The highest BCUT2D eigenvalue weighted by Gasteiger charge is 2.33. The minimum Gasteiger partial charge on any atom is -0.491 e. The standard InChI is InChI=1S/C17H25NO3/c1-12(2)21-15-7-6-14(10-13(15)3)18-16(19)11-17(20)8-4-5-9-17/h6-7,10,12,20H,4-5,8-9,11H2,1-3H3,(H,18,19). The summed E-state index contributed by atoms with van der Waals surface area (Å²) in [5.41, 5.74) is 0.927. The lowest BCUT2D eigenvalue weighted by atomic mass is 9.97. The number of hydrogen-bond acceptors (Lipinski definition) is 3. The summed E-state index contributed by atoms with van der Waals surface area (Å²) >= 11 is 0. The molecule has 1 aliphatic carbocycles. The summed E-state index contributed by atoms with van der Waals surface area (Å²) in [6.45, 7) is 5.92. The Morgan fingerprint density at radius 3 is 2.62 bits per heavy atom. The van der Waals surface area contributed by atoms with Crippen LogP contribution in [0.2, 0.25) is 0 Å². The molecule has 0 atom stereocenters. The van der Waals surface area contributed by atoms with E-state index in [4.69, 9.17) is 4.74 Å². The van der Waals surface area contributed by atoms with Crippen molar-refractivity contribution in [2.75, 3.05) is 5.32 Å². The molecule has 0 saturated heterocycles. The average molecular weight is 291 g/mol. The molecule has 21 heavy (non-hydrogen) atoms. The van der Waals surface area contributed by atoms with E-state index >= 15 is 0 Å². The first-order chi connectivity index (χ1) is 9.88. The molecule has 1 aliphatic rings. The first-order valence-corrected chi connectivity index (χ1v) is 7.67. The molecule has 0 unspecified atom stereocenters. The minimum absolute atomic E-state index is 0.126. The third-order valence-electron chi connectivity index (χ3n) is 3.85. The maximum absolute atomic E-state index is 12.0. The predicted molar refractivity (Wildman–Crippen MR) is 83.6 cm³/mol. The van der Waals surface area contributed by atoms with Gasteiger partial charge in [0.1, 0.15) is 5.75 Å². The Labute approximate surface area is 126 Å². The van der Waals surface area contributed by atoms with E-state index in [0.29, 0.717) is 0 Å². The normalized spacial score (nSPS) is 17.0. The molecule has 1 aromatic carbocycles. The topological polar surface area (TPSA) is 58.6 Å². The van der Waals surface area contributed by atoms with Crippen molar-refractivity contribution in [1.29, 1.82) is 0 Å². The summed E-state index contributed by atoms with van der Waals surface area (Å²) in [7, 11) is 0. The van der Waals surface area contributed by atoms with Gasteiger partial charge in [-0.3, -0.25) is 4.79 Å². The molecule has 0 bridgehead atoms.